The molecule has 4 rings (SSSR count). The largest absolute Gasteiger partial charge is 0.507 e. The zero-order valence-electron chi connectivity index (χ0n) is 16.0. The Bertz CT molecular complexity index is 1070. The second-order valence-corrected chi connectivity index (χ2v) is 8.28. The summed E-state index contributed by atoms with van der Waals surface area (Å²) in [5.74, 6) is -11.0. The normalized spacial score (nSPS) is 32.9. The van der Waals surface area contributed by atoms with Gasteiger partial charge < -0.3 is 15.9 Å². The van der Waals surface area contributed by atoms with E-state index in [1.807, 2.05) is 0 Å². The predicted octanol–water partition coefficient (Wildman–Crippen LogP) is -0.470. The van der Waals surface area contributed by atoms with Crippen LogP contribution in [0.3, 0.4) is 0 Å². The summed E-state index contributed by atoms with van der Waals surface area (Å²) in [6.45, 7) is 1.32. The number of carbonyl (C=O) groups excluding carboxylic acids is 6. The maximum atomic E-state index is 13.2. The van der Waals surface area contributed by atoms with E-state index in [0.29, 0.717) is 5.56 Å². The third kappa shape index (κ3) is 2.44. The van der Waals surface area contributed by atoms with E-state index in [0.717, 1.165) is 0 Å². The van der Waals surface area contributed by atoms with Crippen molar-refractivity contribution in [3.63, 3.8) is 0 Å². The number of nitrogens with two attached hydrogens (primary N) is 1. The second kappa shape index (κ2) is 6.40. The fourth-order valence-corrected chi connectivity index (χ4v) is 5.30. The number of ketones is 5. The van der Waals surface area contributed by atoms with E-state index in [1.165, 1.54) is 19.1 Å². The number of fused-ring (bicyclic) bond motifs is 3. The first-order valence-electron chi connectivity index (χ1n) is 9.53. The molecule has 0 spiro atoms. The van der Waals surface area contributed by atoms with Gasteiger partial charge in [-0.2, -0.15) is 0 Å². The number of phenolic OH excluding ortho intramolecular Hbond substituents is 1. The molecule has 30 heavy (non-hydrogen) atoms. The Labute approximate surface area is 170 Å². The summed E-state index contributed by atoms with van der Waals surface area (Å²) in [5, 5.41) is 21.3. The Kier molecular flexibility index (Phi) is 4.28. The highest BCUT2D eigenvalue weighted by atomic mass is 16.3. The van der Waals surface area contributed by atoms with Crippen LogP contribution in [0.4, 0.5) is 0 Å². The SMILES string of the molecule is CC(=O)c1ccc(O)c2c1CC1CC3CC(=O)C(C(N)=O)C(=O)C3(O)C(=O)C1C2=O. The highest BCUT2D eigenvalue weighted by Gasteiger charge is 2.66. The van der Waals surface area contributed by atoms with Gasteiger partial charge in [0.1, 0.15) is 5.75 Å². The number of phenols is 1. The van der Waals surface area contributed by atoms with Crippen molar-refractivity contribution >= 4 is 34.8 Å². The van der Waals surface area contributed by atoms with Crippen LogP contribution in [0.2, 0.25) is 0 Å². The number of hydrogen-bond donors (Lipinski definition) is 3. The molecule has 1 aromatic carbocycles. The minimum atomic E-state index is -2.67. The molecule has 0 aliphatic heterocycles. The number of hydrogen-bond acceptors (Lipinski definition) is 8. The van der Waals surface area contributed by atoms with Crippen molar-refractivity contribution in [2.24, 2.45) is 29.4 Å². The number of carbonyl (C=O) groups is 6. The molecule has 9 nitrogen and oxygen atoms in total. The van der Waals surface area contributed by atoms with E-state index in [-0.39, 0.29) is 29.8 Å². The molecule has 4 N–H and O–H groups in total. The van der Waals surface area contributed by atoms with Crippen LogP contribution in [0.25, 0.3) is 0 Å². The fraction of sp³-hybridized carbons (Fsp3) is 0.429. The summed E-state index contributed by atoms with van der Waals surface area (Å²) in [5.41, 5.74) is 2.84. The Balaban J connectivity index is 1.84. The van der Waals surface area contributed by atoms with Gasteiger partial charge in [0, 0.05) is 17.9 Å². The van der Waals surface area contributed by atoms with Gasteiger partial charge in [0.25, 0.3) is 0 Å². The molecule has 1 amide bonds. The second-order valence-electron chi connectivity index (χ2n) is 8.28. The van der Waals surface area contributed by atoms with Crippen LogP contribution in [-0.2, 0) is 25.6 Å². The van der Waals surface area contributed by atoms with Crippen molar-refractivity contribution in [2.75, 3.05) is 0 Å². The summed E-state index contributed by atoms with van der Waals surface area (Å²) in [6.07, 6.45) is -0.311. The molecule has 0 heterocycles. The van der Waals surface area contributed by atoms with Crippen molar-refractivity contribution in [2.45, 2.75) is 31.8 Å². The number of benzene rings is 1. The molecule has 0 radical (unpaired) electrons. The van der Waals surface area contributed by atoms with Crippen molar-refractivity contribution in [1.82, 2.24) is 0 Å². The van der Waals surface area contributed by atoms with Gasteiger partial charge in [-0.05, 0) is 43.4 Å². The zero-order chi connectivity index (χ0) is 22.1. The molecule has 2 saturated carbocycles. The molecule has 5 atom stereocenters. The van der Waals surface area contributed by atoms with Gasteiger partial charge in [-0.15, -0.1) is 0 Å². The Hall–Kier alpha value is -3.20. The van der Waals surface area contributed by atoms with Gasteiger partial charge in [-0.3, -0.25) is 28.8 Å². The number of aliphatic hydroxyl groups is 1. The third-order valence-corrected chi connectivity index (χ3v) is 6.66. The molecule has 3 aliphatic rings. The number of aromatic hydroxyl groups is 1. The standard InChI is InChI=1S/C21H19NO8/c1-7(23)10-2-3-12(24)15-11(10)5-8-4-9-6-13(25)16(20(22)29)19(28)21(9,30)18(27)14(8)17(15)26/h2-3,8-9,14,16,24,30H,4-6H2,1H3,(H2,22,29). The van der Waals surface area contributed by atoms with E-state index in [1.54, 1.807) is 0 Å². The lowest BCUT2D eigenvalue weighted by Crippen LogP contribution is -2.68. The molecule has 5 unspecified atom stereocenters. The molecule has 156 valence electrons. The van der Waals surface area contributed by atoms with E-state index < -0.39 is 70.5 Å². The first kappa shape index (κ1) is 20.1. The summed E-state index contributed by atoms with van der Waals surface area (Å²) in [4.78, 5) is 75.1. The first-order valence-corrected chi connectivity index (χ1v) is 9.53. The highest BCUT2D eigenvalue weighted by Crippen LogP contribution is 2.50. The van der Waals surface area contributed by atoms with Gasteiger partial charge in [-0.25, -0.2) is 0 Å². The van der Waals surface area contributed by atoms with Crippen molar-refractivity contribution in [3.8, 4) is 5.75 Å². The molecule has 3 aliphatic carbocycles. The molecular weight excluding hydrogens is 394 g/mol. The summed E-state index contributed by atoms with van der Waals surface area (Å²) < 4.78 is 0. The van der Waals surface area contributed by atoms with Gasteiger partial charge >= 0.3 is 0 Å². The zero-order valence-corrected chi connectivity index (χ0v) is 16.0. The molecule has 0 bridgehead atoms. The monoisotopic (exact) mass is 413 g/mol. The van der Waals surface area contributed by atoms with Crippen molar-refractivity contribution in [3.05, 3.63) is 28.8 Å². The molecule has 2 fully saturated rings. The molecule has 1 aromatic rings. The highest BCUT2D eigenvalue weighted by molar-refractivity contribution is 6.31. The quantitative estimate of drug-likeness (QED) is 0.432. The fourth-order valence-electron chi connectivity index (χ4n) is 5.30. The summed E-state index contributed by atoms with van der Waals surface area (Å²) >= 11 is 0. The molecule has 9 heteroatoms. The predicted molar refractivity (Wildman–Crippen MR) is 98.5 cm³/mol. The van der Waals surface area contributed by atoms with E-state index in [4.69, 9.17) is 5.73 Å². The smallest absolute Gasteiger partial charge is 0.235 e. The lowest BCUT2D eigenvalue weighted by molar-refractivity contribution is -0.175. The minimum absolute atomic E-state index is 0.00590. The number of primary amides is 1. The summed E-state index contributed by atoms with van der Waals surface area (Å²) in [7, 11) is 0. The number of amides is 1. The van der Waals surface area contributed by atoms with Gasteiger partial charge in [0.2, 0.25) is 5.91 Å². The van der Waals surface area contributed by atoms with E-state index >= 15 is 0 Å². The van der Waals surface area contributed by atoms with Gasteiger partial charge in [0.15, 0.2) is 40.4 Å². The third-order valence-electron chi connectivity index (χ3n) is 6.66. The van der Waals surface area contributed by atoms with E-state index in [2.05, 4.69) is 0 Å². The van der Waals surface area contributed by atoms with Crippen molar-refractivity contribution in [1.29, 1.82) is 0 Å². The van der Waals surface area contributed by atoms with Crippen LogP contribution in [0.15, 0.2) is 12.1 Å². The Morgan fingerprint density at radius 3 is 2.37 bits per heavy atom. The van der Waals surface area contributed by atoms with Crippen LogP contribution < -0.4 is 5.73 Å². The van der Waals surface area contributed by atoms with Crippen LogP contribution in [-0.4, -0.2) is 50.6 Å². The number of Topliss-reactive ketones (excluding diaryl/α,β-unsaturated/α-hetero) is 5. The maximum Gasteiger partial charge on any atom is 0.235 e. The lowest BCUT2D eigenvalue weighted by Gasteiger charge is -2.48. The molecular formula is C21H19NO8. The first-order chi connectivity index (χ1) is 14.0. The van der Waals surface area contributed by atoms with Gasteiger partial charge in [0.05, 0.1) is 11.5 Å². The van der Waals surface area contributed by atoms with Crippen LogP contribution in [0.1, 0.15) is 46.0 Å². The molecule has 0 saturated heterocycles. The van der Waals surface area contributed by atoms with Gasteiger partial charge in [-0.1, -0.05) is 0 Å². The Morgan fingerprint density at radius 2 is 1.77 bits per heavy atom. The lowest BCUT2D eigenvalue weighted by atomic mass is 9.53. The maximum absolute atomic E-state index is 13.2. The molecule has 0 aromatic heterocycles. The average molecular weight is 413 g/mol. The summed E-state index contributed by atoms with van der Waals surface area (Å²) in [6, 6.07) is 2.59. The van der Waals surface area contributed by atoms with E-state index in [9.17, 15) is 39.0 Å². The van der Waals surface area contributed by atoms with Crippen molar-refractivity contribution < 1.29 is 39.0 Å². The average Bonchev–Trinajstić information content (AvgIpc) is 2.64. The Morgan fingerprint density at radius 1 is 1.10 bits per heavy atom. The minimum Gasteiger partial charge on any atom is -0.507 e. The van der Waals surface area contributed by atoms with Crippen LogP contribution in [0, 0.1) is 23.7 Å². The van der Waals surface area contributed by atoms with Crippen LogP contribution >= 0.6 is 0 Å². The topological polar surface area (TPSA) is 169 Å². The van der Waals surface area contributed by atoms with Crippen LogP contribution in [0.5, 0.6) is 5.75 Å². The number of rotatable bonds is 2.